The van der Waals surface area contributed by atoms with Gasteiger partial charge in [-0.2, -0.15) is 0 Å². The number of carbonyl (C=O) groups excluding carboxylic acids is 1. The van der Waals surface area contributed by atoms with Gasteiger partial charge in [0.25, 0.3) is 5.91 Å². The van der Waals surface area contributed by atoms with E-state index in [-0.39, 0.29) is 11.7 Å². The third-order valence-corrected chi connectivity index (χ3v) is 3.04. The van der Waals surface area contributed by atoms with Crippen LogP contribution in [-0.2, 0) is 6.42 Å². The fourth-order valence-corrected chi connectivity index (χ4v) is 1.97. The second kappa shape index (κ2) is 6.83. The Kier molecular flexibility index (Phi) is 5.42. The van der Waals surface area contributed by atoms with E-state index >= 15 is 0 Å². The zero-order valence-electron chi connectivity index (χ0n) is 11.8. The topological polar surface area (TPSA) is 49.8 Å². The van der Waals surface area contributed by atoms with Crippen LogP contribution in [0.15, 0.2) is 24.8 Å². The zero-order valence-corrected chi connectivity index (χ0v) is 11.8. The van der Waals surface area contributed by atoms with Crippen LogP contribution in [0.5, 0.6) is 11.5 Å². The Morgan fingerprint density at radius 1 is 1.42 bits per heavy atom. The summed E-state index contributed by atoms with van der Waals surface area (Å²) in [7, 11) is 1.53. The summed E-state index contributed by atoms with van der Waals surface area (Å²) in [6, 6.07) is 3.16. The number of hydrogen-bond donors (Lipinski definition) is 1. The Morgan fingerprint density at radius 2 is 2.05 bits per heavy atom. The first-order chi connectivity index (χ1) is 9.08. The van der Waals surface area contributed by atoms with Crippen molar-refractivity contribution < 1.29 is 14.6 Å². The summed E-state index contributed by atoms with van der Waals surface area (Å²) in [4.78, 5) is 13.9. The average Bonchev–Trinajstić information content (AvgIpc) is 2.41. The van der Waals surface area contributed by atoms with Gasteiger partial charge in [-0.3, -0.25) is 4.79 Å². The van der Waals surface area contributed by atoms with E-state index in [0.717, 1.165) is 5.56 Å². The largest absolute Gasteiger partial charge is 0.507 e. The van der Waals surface area contributed by atoms with Gasteiger partial charge in [0.15, 0.2) is 0 Å². The molecule has 0 radical (unpaired) electrons. The highest BCUT2D eigenvalue weighted by Gasteiger charge is 2.19. The Balaban J connectivity index is 3.24. The molecule has 0 aliphatic carbocycles. The van der Waals surface area contributed by atoms with Crippen molar-refractivity contribution in [3.8, 4) is 11.5 Å². The van der Waals surface area contributed by atoms with E-state index in [1.165, 1.54) is 13.2 Å². The van der Waals surface area contributed by atoms with E-state index in [2.05, 4.69) is 6.58 Å². The molecule has 0 aliphatic rings. The molecule has 4 heteroatoms. The molecule has 1 rings (SSSR count). The molecule has 0 aliphatic heterocycles. The first-order valence-electron chi connectivity index (χ1n) is 6.39. The van der Waals surface area contributed by atoms with Crippen LogP contribution < -0.4 is 4.74 Å². The fourth-order valence-electron chi connectivity index (χ4n) is 1.97. The second-order valence-electron chi connectivity index (χ2n) is 4.15. The minimum Gasteiger partial charge on any atom is -0.507 e. The third kappa shape index (κ3) is 3.28. The predicted molar refractivity (Wildman–Crippen MR) is 75.8 cm³/mol. The first-order valence-corrected chi connectivity index (χ1v) is 6.39. The van der Waals surface area contributed by atoms with Gasteiger partial charge in [-0.1, -0.05) is 6.08 Å². The Labute approximate surface area is 114 Å². The molecule has 1 N–H and O–H groups in total. The molecule has 4 nitrogen and oxygen atoms in total. The van der Waals surface area contributed by atoms with Crippen LogP contribution in [0, 0.1) is 0 Å². The number of aromatic hydroxyl groups is 1. The molecule has 0 unspecified atom stereocenters. The number of nitrogens with zero attached hydrogens (tertiary/aromatic N) is 1. The van der Waals surface area contributed by atoms with Crippen molar-refractivity contribution in [2.75, 3.05) is 20.2 Å². The van der Waals surface area contributed by atoms with E-state index in [4.69, 9.17) is 4.74 Å². The lowest BCUT2D eigenvalue weighted by Crippen LogP contribution is -2.30. The summed E-state index contributed by atoms with van der Waals surface area (Å²) in [6.07, 6.45) is 2.32. The van der Waals surface area contributed by atoms with Crippen molar-refractivity contribution in [1.82, 2.24) is 4.90 Å². The molecule has 1 aromatic rings. The Bertz CT molecular complexity index is 465. The van der Waals surface area contributed by atoms with Crippen LogP contribution >= 0.6 is 0 Å². The van der Waals surface area contributed by atoms with Crippen molar-refractivity contribution >= 4 is 5.91 Å². The minimum absolute atomic E-state index is 0.0541. The van der Waals surface area contributed by atoms with Crippen LogP contribution in [0.1, 0.15) is 29.8 Å². The maximum absolute atomic E-state index is 12.3. The van der Waals surface area contributed by atoms with Gasteiger partial charge in [-0.25, -0.2) is 0 Å². The van der Waals surface area contributed by atoms with Crippen molar-refractivity contribution in [1.29, 1.82) is 0 Å². The van der Waals surface area contributed by atoms with Crippen LogP contribution in [0.4, 0.5) is 0 Å². The van der Waals surface area contributed by atoms with E-state index in [0.29, 0.717) is 30.8 Å². The van der Waals surface area contributed by atoms with Gasteiger partial charge in [-0.15, -0.1) is 6.58 Å². The zero-order chi connectivity index (χ0) is 14.4. The molecular formula is C15H21NO3. The van der Waals surface area contributed by atoms with E-state index < -0.39 is 0 Å². The Morgan fingerprint density at radius 3 is 2.53 bits per heavy atom. The van der Waals surface area contributed by atoms with Crippen molar-refractivity contribution in [2.45, 2.75) is 20.3 Å². The molecule has 0 bridgehead atoms. The standard InChI is InChI=1S/C15H21NO3/c1-5-8-11-9-12(13(17)10-14(11)19-4)15(18)16(6-2)7-3/h5,9-10,17H,1,6-8H2,2-4H3. The maximum atomic E-state index is 12.3. The van der Waals surface area contributed by atoms with Gasteiger partial charge >= 0.3 is 0 Å². The van der Waals surface area contributed by atoms with Gasteiger partial charge in [0.1, 0.15) is 11.5 Å². The van der Waals surface area contributed by atoms with E-state index in [9.17, 15) is 9.90 Å². The summed E-state index contributed by atoms with van der Waals surface area (Å²) >= 11 is 0. The molecule has 19 heavy (non-hydrogen) atoms. The fraction of sp³-hybridized carbons (Fsp3) is 0.400. The number of ether oxygens (including phenoxy) is 1. The molecule has 0 aromatic heterocycles. The van der Waals surface area contributed by atoms with Crippen molar-refractivity contribution in [2.24, 2.45) is 0 Å². The lowest BCUT2D eigenvalue weighted by molar-refractivity contribution is 0.0770. The predicted octanol–water partition coefficient (Wildman–Crippen LogP) is 2.61. The van der Waals surface area contributed by atoms with Gasteiger partial charge in [-0.05, 0) is 31.9 Å². The summed E-state index contributed by atoms with van der Waals surface area (Å²) < 4.78 is 5.19. The van der Waals surface area contributed by atoms with E-state index in [1.54, 1.807) is 17.0 Å². The lowest BCUT2D eigenvalue weighted by atomic mass is 10.0. The van der Waals surface area contributed by atoms with Crippen molar-refractivity contribution in [3.63, 3.8) is 0 Å². The van der Waals surface area contributed by atoms with Crippen LogP contribution in [0.3, 0.4) is 0 Å². The summed E-state index contributed by atoms with van der Waals surface area (Å²) in [5.41, 5.74) is 1.15. The minimum atomic E-state index is -0.171. The van der Waals surface area contributed by atoms with Crippen molar-refractivity contribution in [3.05, 3.63) is 35.9 Å². The molecule has 0 saturated heterocycles. The molecule has 1 aromatic carbocycles. The highest BCUT2D eigenvalue weighted by molar-refractivity contribution is 5.97. The number of phenolic OH excluding ortho intramolecular Hbond substituents is 1. The molecule has 0 spiro atoms. The molecule has 0 fully saturated rings. The normalized spacial score (nSPS) is 10.1. The first kappa shape index (κ1) is 15.1. The molecular weight excluding hydrogens is 242 g/mol. The summed E-state index contributed by atoms with van der Waals surface area (Å²) in [5.74, 6) is 0.338. The number of phenols is 1. The van der Waals surface area contributed by atoms with Gasteiger partial charge in [0, 0.05) is 19.2 Å². The molecule has 0 heterocycles. The van der Waals surface area contributed by atoms with E-state index in [1.807, 2.05) is 13.8 Å². The number of carbonyl (C=O) groups is 1. The number of amides is 1. The van der Waals surface area contributed by atoms with Gasteiger partial charge in [0.05, 0.1) is 12.7 Å². The number of hydrogen-bond acceptors (Lipinski definition) is 3. The van der Waals surface area contributed by atoms with Crippen LogP contribution in [-0.4, -0.2) is 36.1 Å². The second-order valence-corrected chi connectivity index (χ2v) is 4.15. The van der Waals surface area contributed by atoms with Crippen LogP contribution in [0.2, 0.25) is 0 Å². The number of rotatable bonds is 6. The maximum Gasteiger partial charge on any atom is 0.257 e. The highest BCUT2D eigenvalue weighted by atomic mass is 16.5. The molecule has 0 atom stereocenters. The summed E-state index contributed by atoms with van der Waals surface area (Å²) in [6.45, 7) is 8.72. The van der Waals surface area contributed by atoms with Crippen LogP contribution in [0.25, 0.3) is 0 Å². The number of benzene rings is 1. The Hall–Kier alpha value is -1.97. The van der Waals surface area contributed by atoms with Gasteiger partial charge in [0.2, 0.25) is 0 Å². The van der Waals surface area contributed by atoms with Gasteiger partial charge < -0.3 is 14.7 Å². The lowest BCUT2D eigenvalue weighted by Gasteiger charge is -2.20. The molecule has 1 amide bonds. The average molecular weight is 263 g/mol. The quantitative estimate of drug-likeness (QED) is 0.803. The monoisotopic (exact) mass is 263 g/mol. The highest BCUT2D eigenvalue weighted by Crippen LogP contribution is 2.29. The molecule has 104 valence electrons. The SMILES string of the molecule is C=CCc1cc(C(=O)N(CC)CC)c(O)cc1OC. The third-order valence-electron chi connectivity index (χ3n) is 3.04. The summed E-state index contributed by atoms with van der Waals surface area (Å²) in [5, 5.41) is 9.97. The smallest absolute Gasteiger partial charge is 0.257 e. The number of methoxy groups -OCH3 is 1. The number of allylic oxidation sites excluding steroid dienone is 1. The molecule has 0 saturated carbocycles.